The number of carbonyl (C=O) groups excluding carboxylic acids is 1. The molecule has 0 fully saturated rings. The van der Waals surface area contributed by atoms with Gasteiger partial charge in [-0.3, -0.25) is 9.00 Å². The van der Waals surface area contributed by atoms with Gasteiger partial charge in [0.1, 0.15) is 5.75 Å². The summed E-state index contributed by atoms with van der Waals surface area (Å²) in [4.78, 5) is 25.0. The molecule has 2 aromatic rings. The molecule has 0 amide bonds. The fraction of sp³-hybridized carbons (Fsp3) is 0.462. The molecule has 5 nitrogen and oxygen atoms in total. The molecule has 0 aliphatic rings. The van der Waals surface area contributed by atoms with Crippen LogP contribution in [0.15, 0.2) is 41.3 Å². The molecule has 1 unspecified atom stereocenters. The Bertz CT molecular complexity index is 984. The zero-order valence-corrected chi connectivity index (χ0v) is 20.8. The average Bonchev–Trinajstić information content (AvgIpc) is 2.73. The van der Waals surface area contributed by atoms with E-state index in [1.54, 1.807) is 30.5 Å². The highest BCUT2D eigenvalue weighted by atomic mass is 32.2. The molecule has 0 bridgehead atoms. The zero-order chi connectivity index (χ0) is 24.2. The van der Waals surface area contributed by atoms with E-state index in [0.29, 0.717) is 16.2 Å². The van der Waals surface area contributed by atoms with Crippen LogP contribution in [0.25, 0.3) is 0 Å². The minimum Gasteiger partial charge on any atom is -0.478 e. The van der Waals surface area contributed by atoms with Gasteiger partial charge >= 0.3 is 5.97 Å². The second kappa shape index (κ2) is 10.4. The van der Waals surface area contributed by atoms with Crippen LogP contribution in [0.5, 0.6) is 5.75 Å². The first-order valence-electron chi connectivity index (χ1n) is 10.8. The summed E-state index contributed by atoms with van der Waals surface area (Å²) in [6, 6.07) is 11.1. The fourth-order valence-corrected chi connectivity index (χ4v) is 4.14. The van der Waals surface area contributed by atoms with E-state index in [9.17, 15) is 18.9 Å². The van der Waals surface area contributed by atoms with E-state index in [-0.39, 0.29) is 17.6 Å². The SMILES string of the molecule is Cc1cc(CC[C@H](C)[C@@H](C)C(=O)c2ccc(S(C)=O)cc2)cc(C)c1OC(C)(C)C(=O)O. The number of rotatable bonds is 10. The predicted molar refractivity (Wildman–Crippen MR) is 128 cm³/mol. The van der Waals surface area contributed by atoms with Crippen molar-refractivity contribution in [3.8, 4) is 5.75 Å². The summed E-state index contributed by atoms with van der Waals surface area (Å²) in [7, 11) is -1.06. The predicted octanol–water partition coefficient (Wildman–Crippen LogP) is 5.37. The van der Waals surface area contributed by atoms with Gasteiger partial charge in [-0.15, -0.1) is 0 Å². The molecular formula is C26H34O5S. The Morgan fingerprint density at radius 1 is 1.06 bits per heavy atom. The van der Waals surface area contributed by atoms with Crippen molar-refractivity contribution in [2.24, 2.45) is 11.8 Å². The number of benzene rings is 2. The standard InChI is InChI=1S/C26H34O5S/c1-16(19(4)23(27)21-10-12-22(13-11-21)32(7)30)8-9-20-14-17(2)24(18(3)15-20)31-26(5,6)25(28)29/h10-16,19H,8-9H2,1-7H3,(H,28,29)/t16-,19+,32?/m0/s1. The van der Waals surface area contributed by atoms with Crippen LogP contribution in [0.4, 0.5) is 0 Å². The Morgan fingerprint density at radius 3 is 2.06 bits per heavy atom. The van der Waals surface area contributed by atoms with Gasteiger partial charge in [0.2, 0.25) is 0 Å². The Kier molecular flexibility index (Phi) is 8.41. The molecule has 1 N–H and O–H groups in total. The smallest absolute Gasteiger partial charge is 0.347 e. The Morgan fingerprint density at radius 2 is 1.59 bits per heavy atom. The molecule has 0 aliphatic carbocycles. The molecule has 0 spiro atoms. The van der Waals surface area contributed by atoms with Crippen LogP contribution in [-0.4, -0.2) is 32.9 Å². The number of Topliss-reactive ketones (excluding diaryl/α,β-unsaturated/α-hetero) is 1. The minimum absolute atomic E-state index is 0.0953. The molecule has 0 saturated carbocycles. The summed E-state index contributed by atoms with van der Waals surface area (Å²) in [5.74, 6) is -0.253. The van der Waals surface area contributed by atoms with Crippen LogP contribution in [0.1, 0.15) is 61.2 Å². The number of carboxylic acid groups (broad SMARTS) is 1. The molecule has 0 saturated heterocycles. The molecule has 3 atom stereocenters. The van der Waals surface area contributed by atoms with Crippen LogP contribution in [0, 0.1) is 25.7 Å². The van der Waals surface area contributed by atoms with Crippen molar-refractivity contribution in [2.75, 3.05) is 6.26 Å². The lowest BCUT2D eigenvalue weighted by atomic mass is 9.84. The number of hydrogen-bond acceptors (Lipinski definition) is 4. The van der Waals surface area contributed by atoms with Crippen LogP contribution in [0.2, 0.25) is 0 Å². The highest BCUT2D eigenvalue weighted by molar-refractivity contribution is 7.84. The van der Waals surface area contributed by atoms with Gasteiger partial charge in [0, 0.05) is 33.4 Å². The third-order valence-electron chi connectivity index (χ3n) is 6.02. The Hall–Kier alpha value is -2.47. The lowest BCUT2D eigenvalue weighted by Crippen LogP contribution is -2.38. The van der Waals surface area contributed by atoms with Crippen molar-refractivity contribution in [3.63, 3.8) is 0 Å². The third-order valence-corrected chi connectivity index (χ3v) is 6.95. The maximum absolute atomic E-state index is 12.9. The Balaban J connectivity index is 2.05. The number of carboxylic acids is 1. The zero-order valence-electron chi connectivity index (χ0n) is 20.0. The number of carbonyl (C=O) groups is 2. The Labute approximate surface area is 193 Å². The van der Waals surface area contributed by atoms with Crippen molar-refractivity contribution >= 4 is 22.6 Å². The van der Waals surface area contributed by atoms with Crippen LogP contribution in [0.3, 0.4) is 0 Å². The van der Waals surface area contributed by atoms with Gasteiger partial charge in [-0.25, -0.2) is 4.79 Å². The number of ketones is 1. The molecule has 32 heavy (non-hydrogen) atoms. The summed E-state index contributed by atoms with van der Waals surface area (Å²) >= 11 is 0. The second-order valence-electron chi connectivity index (χ2n) is 9.12. The van der Waals surface area contributed by atoms with Crippen molar-refractivity contribution < 1.29 is 23.6 Å². The quantitative estimate of drug-likeness (QED) is 0.484. The summed E-state index contributed by atoms with van der Waals surface area (Å²) in [6.45, 7) is 11.0. The number of aliphatic carboxylic acids is 1. The van der Waals surface area contributed by atoms with E-state index in [4.69, 9.17) is 4.74 Å². The van der Waals surface area contributed by atoms with E-state index in [0.717, 1.165) is 29.5 Å². The lowest BCUT2D eigenvalue weighted by Gasteiger charge is -2.25. The summed E-state index contributed by atoms with van der Waals surface area (Å²) in [5.41, 5.74) is 2.29. The van der Waals surface area contributed by atoms with Gasteiger partial charge < -0.3 is 9.84 Å². The monoisotopic (exact) mass is 458 g/mol. The molecule has 0 aromatic heterocycles. The average molecular weight is 459 g/mol. The number of aryl methyl sites for hydroxylation is 3. The van der Waals surface area contributed by atoms with E-state index in [1.807, 2.05) is 32.9 Å². The van der Waals surface area contributed by atoms with E-state index >= 15 is 0 Å². The van der Waals surface area contributed by atoms with E-state index < -0.39 is 22.4 Å². The first kappa shape index (κ1) is 25.8. The first-order valence-corrected chi connectivity index (χ1v) is 12.4. The lowest BCUT2D eigenvalue weighted by molar-refractivity contribution is -0.152. The van der Waals surface area contributed by atoms with Gasteiger partial charge in [0.25, 0.3) is 0 Å². The fourth-order valence-electron chi connectivity index (χ4n) is 3.62. The van der Waals surface area contributed by atoms with Gasteiger partial charge in [-0.2, -0.15) is 0 Å². The largest absolute Gasteiger partial charge is 0.478 e. The van der Waals surface area contributed by atoms with Crippen LogP contribution in [-0.2, 0) is 22.0 Å². The molecule has 0 radical (unpaired) electrons. The van der Waals surface area contributed by atoms with Gasteiger partial charge in [-0.05, 0) is 75.3 Å². The van der Waals surface area contributed by atoms with Crippen molar-refractivity contribution in [3.05, 3.63) is 58.7 Å². The van der Waals surface area contributed by atoms with Crippen molar-refractivity contribution in [2.45, 2.75) is 64.9 Å². The molecular weight excluding hydrogens is 424 g/mol. The normalized spacial score (nSPS) is 14.5. The first-order chi connectivity index (χ1) is 14.8. The maximum atomic E-state index is 12.9. The highest BCUT2D eigenvalue weighted by Crippen LogP contribution is 2.30. The minimum atomic E-state index is -1.30. The number of ether oxygens (including phenoxy) is 1. The van der Waals surface area contributed by atoms with Gasteiger partial charge in [0.15, 0.2) is 11.4 Å². The molecule has 174 valence electrons. The third kappa shape index (κ3) is 6.28. The van der Waals surface area contributed by atoms with Gasteiger partial charge in [0.05, 0.1) is 0 Å². The number of hydrogen-bond donors (Lipinski definition) is 1. The summed E-state index contributed by atoms with van der Waals surface area (Å²) in [6.07, 6.45) is 3.29. The van der Waals surface area contributed by atoms with Crippen LogP contribution < -0.4 is 4.74 Å². The van der Waals surface area contributed by atoms with Crippen LogP contribution >= 0.6 is 0 Å². The molecule has 2 rings (SSSR count). The topological polar surface area (TPSA) is 80.7 Å². The van der Waals surface area contributed by atoms with E-state index in [1.165, 1.54) is 13.8 Å². The van der Waals surface area contributed by atoms with Gasteiger partial charge in [-0.1, -0.05) is 38.1 Å². The molecule has 0 heterocycles. The summed E-state index contributed by atoms with van der Waals surface area (Å²) < 4.78 is 17.3. The van der Waals surface area contributed by atoms with Crippen molar-refractivity contribution in [1.82, 2.24) is 0 Å². The van der Waals surface area contributed by atoms with E-state index in [2.05, 4.69) is 6.92 Å². The molecule has 2 aromatic carbocycles. The molecule has 0 aliphatic heterocycles. The highest BCUT2D eigenvalue weighted by Gasteiger charge is 2.30. The van der Waals surface area contributed by atoms with Crippen molar-refractivity contribution in [1.29, 1.82) is 0 Å². The maximum Gasteiger partial charge on any atom is 0.347 e. The second-order valence-corrected chi connectivity index (χ2v) is 10.5. The summed E-state index contributed by atoms with van der Waals surface area (Å²) in [5, 5.41) is 9.34. The molecule has 6 heteroatoms.